The molecule has 9 nitrogen and oxygen atoms in total. The zero-order valence-corrected chi connectivity index (χ0v) is 15.1. The number of rotatable bonds is 8. The van der Waals surface area contributed by atoms with E-state index < -0.39 is 35.0 Å². The fourth-order valence-corrected chi connectivity index (χ4v) is 3.49. The number of nitrogens with zero attached hydrogens (tertiary/aromatic N) is 1. The number of carbonyl (C=O) groups is 2. The minimum atomic E-state index is -4.27. The summed E-state index contributed by atoms with van der Waals surface area (Å²) in [4.78, 5) is 22.0. The van der Waals surface area contributed by atoms with Gasteiger partial charge in [0, 0.05) is 0 Å². The average Bonchev–Trinajstić information content (AvgIpc) is 2.63. The van der Waals surface area contributed by atoms with Crippen LogP contribution in [-0.2, 0) is 19.6 Å². The van der Waals surface area contributed by atoms with Crippen LogP contribution in [0.3, 0.4) is 0 Å². The van der Waals surface area contributed by atoms with Crippen LogP contribution >= 0.6 is 0 Å². The first-order valence-electron chi connectivity index (χ1n) is 7.72. The van der Waals surface area contributed by atoms with Gasteiger partial charge in [-0.25, -0.2) is 13.9 Å². The highest BCUT2D eigenvalue weighted by Gasteiger charge is 2.28. The highest BCUT2D eigenvalue weighted by atomic mass is 32.2. The van der Waals surface area contributed by atoms with Crippen LogP contribution in [0, 0.1) is 6.92 Å². The first-order chi connectivity index (χ1) is 12.7. The largest absolute Gasteiger partial charge is 0.480 e. The molecule has 2 aromatic rings. The number of amides is 1. The summed E-state index contributed by atoms with van der Waals surface area (Å²) >= 11 is 0. The molecule has 144 valence electrons. The molecule has 2 aromatic carbocycles. The van der Waals surface area contributed by atoms with Crippen molar-refractivity contribution in [2.45, 2.75) is 11.8 Å². The number of carboxylic acid groups (broad SMARTS) is 1. The van der Waals surface area contributed by atoms with Crippen LogP contribution in [0.15, 0.2) is 53.4 Å². The Morgan fingerprint density at radius 1 is 1.00 bits per heavy atom. The minimum Gasteiger partial charge on any atom is -0.480 e. The Morgan fingerprint density at radius 2 is 1.52 bits per heavy atom. The molecule has 0 fully saturated rings. The van der Waals surface area contributed by atoms with Gasteiger partial charge in [-0.3, -0.25) is 14.8 Å². The molecule has 10 heteroatoms. The maximum atomic E-state index is 12.6. The fourth-order valence-electron chi connectivity index (χ4n) is 2.14. The molecule has 0 aliphatic heterocycles. The van der Waals surface area contributed by atoms with Crippen molar-refractivity contribution in [3.8, 4) is 11.5 Å². The van der Waals surface area contributed by atoms with Gasteiger partial charge in [0.25, 0.3) is 5.91 Å². The Bertz CT molecular complexity index is 909. The summed E-state index contributed by atoms with van der Waals surface area (Å²) in [6.45, 7) is 0.160. The van der Waals surface area contributed by atoms with E-state index in [0.717, 1.165) is 5.56 Å². The third kappa shape index (κ3) is 5.51. The molecule has 0 bridgehead atoms. The molecule has 1 amide bonds. The Balaban J connectivity index is 2.22. The number of ether oxygens (including phenoxy) is 1. The smallest absolute Gasteiger partial charge is 0.318 e. The summed E-state index contributed by atoms with van der Waals surface area (Å²) in [7, 11) is -4.27. The number of benzene rings is 2. The van der Waals surface area contributed by atoms with Crippen molar-refractivity contribution in [3.63, 3.8) is 0 Å². The van der Waals surface area contributed by atoms with E-state index in [0.29, 0.717) is 15.8 Å². The van der Waals surface area contributed by atoms with Crippen LogP contribution in [0.25, 0.3) is 0 Å². The number of aryl methyl sites for hydroxylation is 1. The molecule has 0 aliphatic carbocycles. The maximum absolute atomic E-state index is 12.6. The Hall–Kier alpha value is -2.95. The molecule has 2 rings (SSSR count). The SMILES string of the molecule is Cc1ccc(Oc2ccc(S(=O)(=O)N(CC(=O)O)CC(=O)NO)cc2)cc1. The van der Waals surface area contributed by atoms with Crippen molar-refractivity contribution in [2.24, 2.45) is 0 Å². The highest BCUT2D eigenvalue weighted by molar-refractivity contribution is 7.89. The molecule has 0 heterocycles. The summed E-state index contributed by atoms with van der Waals surface area (Å²) in [5.74, 6) is -1.54. The summed E-state index contributed by atoms with van der Waals surface area (Å²) in [5.41, 5.74) is 2.34. The number of nitrogens with one attached hydrogen (secondary N) is 1. The van der Waals surface area contributed by atoms with E-state index in [1.165, 1.54) is 29.7 Å². The van der Waals surface area contributed by atoms with Gasteiger partial charge in [-0.2, -0.15) is 4.31 Å². The first kappa shape index (κ1) is 20.4. The van der Waals surface area contributed by atoms with Gasteiger partial charge in [0.05, 0.1) is 11.4 Å². The topological polar surface area (TPSA) is 133 Å². The highest BCUT2D eigenvalue weighted by Crippen LogP contribution is 2.24. The molecule has 0 unspecified atom stereocenters. The number of aliphatic carboxylic acids is 1. The Morgan fingerprint density at radius 3 is 2.00 bits per heavy atom. The monoisotopic (exact) mass is 394 g/mol. The van der Waals surface area contributed by atoms with Gasteiger partial charge in [0.1, 0.15) is 18.0 Å². The average molecular weight is 394 g/mol. The molecule has 27 heavy (non-hydrogen) atoms. The van der Waals surface area contributed by atoms with E-state index in [-0.39, 0.29) is 4.90 Å². The molecular formula is C17H18N2O7S. The zero-order chi connectivity index (χ0) is 20.0. The van der Waals surface area contributed by atoms with E-state index in [4.69, 9.17) is 15.1 Å². The van der Waals surface area contributed by atoms with Crippen LogP contribution in [-0.4, -0.2) is 48.0 Å². The van der Waals surface area contributed by atoms with E-state index in [2.05, 4.69) is 0 Å². The predicted molar refractivity (Wildman–Crippen MR) is 94.0 cm³/mol. The van der Waals surface area contributed by atoms with Crippen molar-refractivity contribution >= 4 is 21.9 Å². The second-order valence-electron chi connectivity index (χ2n) is 5.59. The third-order valence-corrected chi connectivity index (χ3v) is 5.28. The van der Waals surface area contributed by atoms with Crippen LogP contribution < -0.4 is 10.2 Å². The van der Waals surface area contributed by atoms with Gasteiger partial charge in [0.15, 0.2) is 0 Å². The van der Waals surface area contributed by atoms with Gasteiger partial charge in [-0.1, -0.05) is 17.7 Å². The lowest BCUT2D eigenvalue weighted by Gasteiger charge is -2.19. The quantitative estimate of drug-likeness (QED) is 0.455. The van der Waals surface area contributed by atoms with Crippen LogP contribution in [0.1, 0.15) is 5.56 Å². The molecule has 0 saturated heterocycles. The lowest BCUT2D eigenvalue weighted by atomic mass is 10.2. The van der Waals surface area contributed by atoms with E-state index in [9.17, 15) is 18.0 Å². The molecule has 0 spiro atoms. The van der Waals surface area contributed by atoms with Crippen LogP contribution in [0.5, 0.6) is 11.5 Å². The second kappa shape index (κ2) is 8.62. The molecule has 0 radical (unpaired) electrons. The number of carbonyl (C=O) groups excluding carboxylic acids is 1. The van der Waals surface area contributed by atoms with Crippen molar-refractivity contribution in [2.75, 3.05) is 13.1 Å². The van der Waals surface area contributed by atoms with Gasteiger partial charge in [0.2, 0.25) is 10.0 Å². The number of carboxylic acids is 1. The molecular weight excluding hydrogens is 376 g/mol. The van der Waals surface area contributed by atoms with Crippen molar-refractivity contribution in [3.05, 3.63) is 54.1 Å². The van der Waals surface area contributed by atoms with E-state index in [1.54, 1.807) is 12.1 Å². The van der Waals surface area contributed by atoms with E-state index in [1.807, 2.05) is 19.1 Å². The van der Waals surface area contributed by atoms with Gasteiger partial charge < -0.3 is 9.84 Å². The van der Waals surface area contributed by atoms with Gasteiger partial charge in [-0.05, 0) is 43.3 Å². The lowest BCUT2D eigenvalue weighted by molar-refractivity contribution is -0.137. The van der Waals surface area contributed by atoms with Crippen molar-refractivity contribution < 1.29 is 33.1 Å². The summed E-state index contributed by atoms with van der Waals surface area (Å²) < 4.78 is 31.2. The molecule has 0 aliphatic rings. The number of hydroxylamine groups is 1. The van der Waals surface area contributed by atoms with Crippen LogP contribution in [0.4, 0.5) is 0 Å². The van der Waals surface area contributed by atoms with Crippen molar-refractivity contribution in [1.82, 2.24) is 9.79 Å². The maximum Gasteiger partial charge on any atom is 0.318 e. The Kier molecular flexibility index (Phi) is 6.50. The molecule has 0 aromatic heterocycles. The first-order valence-corrected chi connectivity index (χ1v) is 9.16. The molecule has 0 atom stereocenters. The molecule has 3 N–H and O–H groups in total. The summed E-state index contributed by atoms with van der Waals surface area (Å²) in [5, 5.41) is 17.4. The summed E-state index contributed by atoms with van der Waals surface area (Å²) in [6.07, 6.45) is 0. The number of hydrogen-bond donors (Lipinski definition) is 3. The number of hydrogen-bond acceptors (Lipinski definition) is 6. The number of sulfonamides is 1. The van der Waals surface area contributed by atoms with Crippen molar-refractivity contribution in [1.29, 1.82) is 0 Å². The molecule has 0 saturated carbocycles. The fraction of sp³-hybridized carbons (Fsp3) is 0.176. The Labute approximate surface area is 155 Å². The third-order valence-electron chi connectivity index (χ3n) is 3.47. The normalized spacial score (nSPS) is 11.2. The van der Waals surface area contributed by atoms with Crippen LogP contribution in [0.2, 0.25) is 0 Å². The lowest BCUT2D eigenvalue weighted by Crippen LogP contribution is -2.42. The van der Waals surface area contributed by atoms with Gasteiger partial charge in [-0.15, -0.1) is 0 Å². The van der Waals surface area contributed by atoms with E-state index >= 15 is 0 Å². The summed E-state index contributed by atoms with van der Waals surface area (Å²) in [6, 6.07) is 12.6. The minimum absolute atomic E-state index is 0.217. The van der Waals surface area contributed by atoms with Gasteiger partial charge >= 0.3 is 5.97 Å². The zero-order valence-electron chi connectivity index (χ0n) is 14.3. The predicted octanol–water partition coefficient (Wildman–Crippen LogP) is 1.37. The standard InChI is InChI=1S/C17H18N2O7S/c1-12-2-4-13(5-3-12)26-14-6-8-15(9-7-14)27(24,25)19(11-17(21)22)10-16(20)18-23/h2-9,23H,10-11H2,1H3,(H,18,20)(H,21,22). The second-order valence-corrected chi connectivity index (χ2v) is 7.53.